The first-order valence-electron chi connectivity index (χ1n) is 9.56. The first-order chi connectivity index (χ1) is 13.8. The zero-order chi connectivity index (χ0) is 20.6. The molecular formula is C21H23N3O4S. The van der Waals surface area contributed by atoms with Gasteiger partial charge in [0.2, 0.25) is 5.91 Å². The van der Waals surface area contributed by atoms with Crippen LogP contribution < -0.4 is 10.0 Å². The number of carbonyl (C=O) groups is 2. The molecule has 2 fully saturated rings. The number of hydrogen-bond acceptors (Lipinski definition) is 4. The summed E-state index contributed by atoms with van der Waals surface area (Å²) >= 11 is 0. The van der Waals surface area contributed by atoms with Crippen molar-refractivity contribution >= 4 is 27.5 Å². The number of likely N-dealkylation sites (tertiary alicyclic amines) is 1. The molecule has 0 saturated carbocycles. The Bertz CT molecular complexity index is 1030. The molecule has 4 rings (SSSR count). The summed E-state index contributed by atoms with van der Waals surface area (Å²) in [6.07, 6.45) is 2.03. The minimum atomic E-state index is -3.73. The Hall–Kier alpha value is -2.87. The summed E-state index contributed by atoms with van der Waals surface area (Å²) in [4.78, 5) is 25.8. The van der Waals surface area contributed by atoms with Crippen molar-refractivity contribution < 1.29 is 18.0 Å². The number of amides is 2. The highest BCUT2D eigenvalue weighted by Gasteiger charge is 2.45. The third-order valence-corrected chi connectivity index (χ3v) is 7.02. The van der Waals surface area contributed by atoms with Crippen LogP contribution in [0.1, 0.15) is 35.2 Å². The lowest BCUT2D eigenvalue weighted by molar-refractivity contribution is -0.134. The standard InChI is InChI=1S/C21H23N3O4S/c1-15-2-6-17(7-3-15)23-29(27,28)18-8-4-16(5-9-18)20(26)24-12-10-21(11-13-24)14-19(25)22-21/h2-9,23H,10-14H2,1H3,(H,22,25). The average Bonchev–Trinajstić information content (AvgIpc) is 2.69. The van der Waals surface area contributed by atoms with Crippen LogP contribution in [0.2, 0.25) is 0 Å². The molecule has 2 saturated heterocycles. The summed E-state index contributed by atoms with van der Waals surface area (Å²) in [5.41, 5.74) is 1.85. The van der Waals surface area contributed by atoms with Crippen LogP contribution in [0.25, 0.3) is 0 Å². The number of hydrogen-bond donors (Lipinski definition) is 2. The number of rotatable bonds is 4. The third kappa shape index (κ3) is 3.98. The molecule has 0 bridgehead atoms. The maximum absolute atomic E-state index is 12.7. The van der Waals surface area contributed by atoms with E-state index >= 15 is 0 Å². The predicted octanol–water partition coefficient (Wildman–Crippen LogP) is 2.29. The number of nitrogens with zero attached hydrogens (tertiary/aromatic N) is 1. The molecule has 0 atom stereocenters. The Labute approximate surface area is 170 Å². The Morgan fingerprint density at radius 2 is 1.62 bits per heavy atom. The lowest BCUT2D eigenvalue weighted by Crippen LogP contribution is -2.65. The molecule has 0 aromatic heterocycles. The van der Waals surface area contributed by atoms with Crippen LogP contribution in [-0.4, -0.2) is 43.8 Å². The second kappa shape index (κ2) is 7.18. The van der Waals surface area contributed by atoms with E-state index in [-0.39, 0.29) is 22.2 Å². The van der Waals surface area contributed by atoms with Crippen LogP contribution in [0, 0.1) is 6.92 Å². The Kier molecular flexibility index (Phi) is 4.82. The molecule has 8 heteroatoms. The molecule has 2 N–H and O–H groups in total. The molecule has 2 aliphatic heterocycles. The number of piperidine rings is 1. The highest BCUT2D eigenvalue weighted by Crippen LogP contribution is 2.32. The number of carbonyl (C=O) groups excluding carboxylic acids is 2. The van der Waals surface area contributed by atoms with E-state index in [0.717, 1.165) is 18.4 Å². The summed E-state index contributed by atoms with van der Waals surface area (Å²) in [6, 6.07) is 13.1. The number of nitrogens with one attached hydrogen (secondary N) is 2. The number of β-lactam (4-membered cyclic amide) rings is 1. The second-order valence-electron chi connectivity index (χ2n) is 7.79. The SMILES string of the molecule is Cc1ccc(NS(=O)(=O)c2ccc(C(=O)N3CCC4(CC3)CC(=O)N4)cc2)cc1. The molecule has 2 heterocycles. The molecule has 2 aromatic carbocycles. The number of aryl methyl sites for hydroxylation is 1. The van der Waals surface area contributed by atoms with Crippen LogP contribution in [0.4, 0.5) is 5.69 Å². The molecule has 1 spiro atoms. The fourth-order valence-electron chi connectivity index (χ4n) is 3.82. The van der Waals surface area contributed by atoms with Gasteiger partial charge in [0, 0.05) is 30.8 Å². The summed E-state index contributed by atoms with van der Waals surface area (Å²) in [5, 5.41) is 2.95. The molecule has 0 unspecified atom stereocenters. The minimum Gasteiger partial charge on any atom is -0.350 e. The fraction of sp³-hybridized carbons (Fsp3) is 0.333. The van der Waals surface area contributed by atoms with Gasteiger partial charge in [-0.2, -0.15) is 0 Å². The summed E-state index contributed by atoms with van der Waals surface area (Å²) < 4.78 is 27.7. The van der Waals surface area contributed by atoms with Gasteiger partial charge in [0.25, 0.3) is 15.9 Å². The second-order valence-corrected chi connectivity index (χ2v) is 9.48. The van der Waals surface area contributed by atoms with Crippen LogP contribution in [-0.2, 0) is 14.8 Å². The average molecular weight is 413 g/mol. The highest BCUT2D eigenvalue weighted by molar-refractivity contribution is 7.92. The fourth-order valence-corrected chi connectivity index (χ4v) is 4.88. The molecule has 7 nitrogen and oxygen atoms in total. The zero-order valence-corrected chi connectivity index (χ0v) is 17.0. The third-order valence-electron chi connectivity index (χ3n) is 5.63. The molecule has 2 aliphatic rings. The van der Waals surface area contributed by atoms with Gasteiger partial charge < -0.3 is 10.2 Å². The van der Waals surface area contributed by atoms with Gasteiger partial charge in [0.15, 0.2) is 0 Å². The van der Waals surface area contributed by atoms with Gasteiger partial charge in [-0.25, -0.2) is 8.42 Å². The van der Waals surface area contributed by atoms with Crippen molar-refractivity contribution in [2.45, 2.75) is 36.6 Å². The van der Waals surface area contributed by atoms with E-state index in [0.29, 0.717) is 30.8 Å². The molecular weight excluding hydrogens is 390 g/mol. The summed E-state index contributed by atoms with van der Waals surface area (Å²) in [5.74, 6) is -0.0539. The van der Waals surface area contributed by atoms with E-state index in [1.807, 2.05) is 19.1 Å². The topological polar surface area (TPSA) is 95.6 Å². The Balaban J connectivity index is 1.41. The zero-order valence-electron chi connectivity index (χ0n) is 16.1. The van der Waals surface area contributed by atoms with E-state index in [4.69, 9.17) is 0 Å². The maximum Gasteiger partial charge on any atom is 0.261 e. The maximum atomic E-state index is 12.7. The molecule has 2 amide bonds. The lowest BCUT2D eigenvalue weighted by Gasteiger charge is -2.47. The molecule has 0 radical (unpaired) electrons. The van der Waals surface area contributed by atoms with E-state index in [9.17, 15) is 18.0 Å². The highest BCUT2D eigenvalue weighted by atomic mass is 32.2. The van der Waals surface area contributed by atoms with E-state index in [1.165, 1.54) is 12.1 Å². The van der Waals surface area contributed by atoms with Gasteiger partial charge >= 0.3 is 0 Å². The Morgan fingerprint density at radius 1 is 1.03 bits per heavy atom. The number of sulfonamides is 1. The van der Waals surface area contributed by atoms with Crippen LogP contribution >= 0.6 is 0 Å². The molecule has 0 aliphatic carbocycles. The Morgan fingerprint density at radius 3 is 2.17 bits per heavy atom. The van der Waals surface area contributed by atoms with E-state index in [1.54, 1.807) is 29.2 Å². The summed E-state index contributed by atoms with van der Waals surface area (Å²) in [6.45, 7) is 3.08. The van der Waals surface area contributed by atoms with Crippen LogP contribution in [0.5, 0.6) is 0 Å². The molecule has 2 aromatic rings. The smallest absolute Gasteiger partial charge is 0.261 e. The van der Waals surface area contributed by atoms with Gasteiger partial charge in [0.1, 0.15) is 0 Å². The first-order valence-corrected chi connectivity index (χ1v) is 11.0. The van der Waals surface area contributed by atoms with Gasteiger partial charge in [-0.1, -0.05) is 17.7 Å². The quantitative estimate of drug-likeness (QED) is 0.752. The van der Waals surface area contributed by atoms with Crippen molar-refractivity contribution in [1.82, 2.24) is 10.2 Å². The predicted molar refractivity (Wildman–Crippen MR) is 109 cm³/mol. The van der Waals surface area contributed by atoms with Crippen molar-refractivity contribution in [3.8, 4) is 0 Å². The van der Waals surface area contributed by atoms with Crippen LogP contribution in [0.3, 0.4) is 0 Å². The monoisotopic (exact) mass is 413 g/mol. The normalized spacial score (nSPS) is 18.1. The van der Waals surface area contributed by atoms with Crippen molar-refractivity contribution in [1.29, 1.82) is 0 Å². The minimum absolute atomic E-state index is 0.0702. The largest absolute Gasteiger partial charge is 0.350 e. The van der Waals surface area contributed by atoms with Crippen molar-refractivity contribution in [3.05, 3.63) is 59.7 Å². The molecule has 29 heavy (non-hydrogen) atoms. The van der Waals surface area contributed by atoms with Crippen molar-refractivity contribution in [2.24, 2.45) is 0 Å². The lowest BCUT2D eigenvalue weighted by atomic mass is 9.78. The first kappa shape index (κ1) is 19.4. The van der Waals surface area contributed by atoms with E-state index in [2.05, 4.69) is 10.0 Å². The van der Waals surface area contributed by atoms with Gasteiger partial charge in [-0.05, 0) is 56.2 Å². The van der Waals surface area contributed by atoms with Crippen LogP contribution in [0.15, 0.2) is 53.4 Å². The van der Waals surface area contributed by atoms with Gasteiger partial charge in [-0.15, -0.1) is 0 Å². The van der Waals surface area contributed by atoms with Crippen molar-refractivity contribution in [3.63, 3.8) is 0 Å². The number of benzene rings is 2. The van der Waals surface area contributed by atoms with Crippen molar-refractivity contribution in [2.75, 3.05) is 17.8 Å². The molecule has 152 valence electrons. The number of anilines is 1. The van der Waals surface area contributed by atoms with Gasteiger partial charge in [-0.3, -0.25) is 14.3 Å². The van der Waals surface area contributed by atoms with Gasteiger partial charge in [0.05, 0.1) is 10.4 Å². The van der Waals surface area contributed by atoms with E-state index < -0.39 is 10.0 Å². The summed E-state index contributed by atoms with van der Waals surface area (Å²) in [7, 11) is -3.73.